The summed E-state index contributed by atoms with van der Waals surface area (Å²) in [7, 11) is 0. The maximum Gasteiger partial charge on any atom is 0.262 e. The van der Waals surface area contributed by atoms with Gasteiger partial charge in [0.25, 0.3) is 5.92 Å². The Hall–Kier alpha value is -1.40. The van der Waals surface area contributed by atoms with Crippen molar-refractivity contribution in [2.24, 2.45) is 0 Å². The molecular weight excluding hydrogens is 302 g/mol. The van der Waals surface area contributed by atoms with E-state index in [-0.39, 0.29) is 12.4 Å². The smallest absolute Gasteiger partial charge is 0.262 e. The average molecular weight is 321 g/mol. The number of halogens is 3. The second-order valence-electron chi connectivity index (χ2n) is 4.86. The van der Waals surface area contributed by atoms with Gasteiger partial charge in [-0.3, -0.25) is 10.1 Å². The molecule has 21 heavy (non-hydrogen) atoms. The molecule has 1 aliphatic rings. The lowest BCUT2D eigenvalue weighted by Crippen LogP contribution is -2.35. The number of carbonyl (C=O) groups excluding carboxylic acids is 1. The van der Waals surface area contributed by atoms with Crippen molar-refractivity contribution < 1.29 is 18.3 Å². The lowest BCUT2D eigenvalue weighted by molar-refractivity contribution is -0.118. The summed E-state index contributed by atoms with van der Waals surface area (Å²) in [6, 6.07) is 6.06. The van der Waals surface area contributed by atoms with E-state index in [1.54, 1.807) is 24.3 Å². The summed E-state index contributed by atoms with van der Waals surface area (Å²) >= 11 is 0. The fourth-order valence-corrected chi connectivity index (χ4v) is 2.01. The standard InChI is InChI=1S/C14H18F2N2O2.ClH/c1-2-6-20-11-5-3-4-10(7-11)18-13(19)12-8-14(15,16)9-17-12;/h3-5,7,12,17H,2,6,8-9H2,1H3,(H,18,19);1H. The van der Waals surface area contributed by atoms with Crippen molar-refractivity contribution in [3.8, 4) is 5.75 Å². The van der Waals surface area contributed by atoms with E-state index in [1.807, 2.05) is 6.92 Å². The Bertz CT molecular complexity index is 486. The second kappa shape index (κ2) is 7.56. The van der Waals surface area contributed by atoms with Crippen LogP contribution >= 0.6 is 12.4 Å². The molecule has 118 valence electrons. The Labute approximate surface area is 128 Å². The van der Waals surface area contributed by atoms with Crippen LogP contribution in [0.1, 0.15) is 19.8 Å². The van der Waals surface area contributed by atoms with Gasteiger partial charge in [0.05, 0.1) is 19.2 Å². The molecule has 1 atom stereocenters. The Balaban J connectivity index is 0.00000220. The zero-order chi connectivity index (χ0) is 14.6. The van der Waals surface area contributed by atoms with E-state index in [1.165, 1.54) is 0 Å². The summed E-state index contributed by atoms with van der Waals surface area (Å²) in [4.78, 5) is 11.9. The lowest BCUT2D eigenvalue weighted by Gasteiger charge is -2.12. The van der Waals surface area contributed by atoms with Crippen LogP contribution in [-0.2, 0) is 4.79 Å². The third-order valence-corrected chi connectivity index (χ3v) is 3.00. The molecule has 1 fully saturated rings. The molecule has 2 N–H and O–H groups in total. The molecule has 2 rings (SSSR count). The quantitative estimate of drug-likeness (QED) is 0.877. The van der Waals surface area contributed by atoms with Crippen LogP contribution in [0.2, 0.25) is 0 Å². The van der Waals surface area contributed by atoms with Gasteiger partial charge in [0.2, 0.25) is 5.91 Å². The van der Waals surface area contributed by atoms with E-state index in [2.05, 4.69) is 10.6 Å². The topological polar surface area (TPSA) is 50.4 Å². The zero-order valence-electron chi connectivity index (χ0n) is 11.7. The number of hydrogen-bond donors (Lipinski definition) is 2. The van der Waals surface area contributed by atoms with Crippen LogP contribution in [0.25, 0.3) is 0 Å². The molecule has 0 aliphatic carbocycles. The first-order valence-electron chi connectivity index (χ1n) is 6.65. The molecule has 0 radical (unpaired) electrons. The molecule has 0 spiro atoms. The minimum atomic E-state index is -2.81. The zero-order valence-corrected chi connectivity index (χ0v) is 12.5. The van der Waals surface area contributed by atoms with Crippen molar-refractivity contribution in [1.29, 1.82) is 0 Å². The van der Waals surface area contributed by atoms with Gasteiger partial charge in [-0.05, 0) is 18.6 Å². The summed E-state index contributed by atoms with van der Waals surface area (Å²) in [5.74, 6) is -2.61. The van der Waals surface area contributed by atoms with E-state index < -0.39 is 30.8 Å². The molecule has 1 amide bonds. The molecule has 4 nitrogen and oxygen atoms in total. The highest BCUT2D eigenvalue weighted by Gasteiger charge is 2.42. The summed E-state index contributed by atoms with van der Waals surface area (Å²) in [5.41, 5.74) is 0.542. The van der Waals surface area contributed by atoms with Crippen LogP contribution in [0.3, 0.4) is 0 Å². The maximum absolute atomic E-state index is 13.0. The monoisotopic (exact) mass is 320 g/mol. The lowest BCUT2D eigenvalue weighted by atomic mass is 10.2. The van der Waals surface area contributed by atoms with Gasteiger partial charge in [0, 0.05) is 18.2 Å². The highest BCUT2D eigenvalue weighted by atomic mass is 35.5. The molecule has 1 unspecified atom stereocenters. The summed E-state index contributed by atoms with van der Waals surface area (Å²) < 4.78 is 31.5. The Morgan fingerprint density at radius 1 is 1.52 bits per heavy atom. The van der Waals surface area contributed by atoms with Crippen molar-refractivity contribution in [3.63, 3.8) is 0 Å². The second-order valence-corrected chi connectivity index (χ2v) is 4.86. The molecule has 1 aromatic carbocycles. The third kappa shape index (κ3) is 5.13. The van der Waals surface area contributed by atoms with E-state index >= 15 is 0 Å². The molecule has 1 aliphatic heterocycles. The van der Waals surface area contributed by atoms with Gasteiger partial charge in [-0.2, -0.15) is 0 Å². The Kier molecular flexibility index (Phi) is 6.36. The molecule has 0 aromatic heterocycles. The van der Waals surface area contributed by atoms with E-state index in [4.69, 9.17) is 4.74 Å². The summed E-state index contributed by atoms with van der Waals surface area (Å²) in [5, 5.41) is 5.15. The molecular formula is C14H19ClF2N2O2. The minimum Gasteiger partial charge on any atom is -0.494 e. The van der Waals surface area contributed by atoms with E-state index in [0.717, 1.165) is 6.42 Å². The highest BCUT2D eigenvalue weighted by molar-refractivity contribution is 5.95. The first-order chi connectivity index (χ1) is 9.50. The van der Waals surface area contributed by atoms with Gasteiger partial charge < -0.3 is 10.1 Å². The number of amides is 1. The molecule has 0 saturated carbocycles. The van der Waals surface area contributed by atoms with Crippen LogP contribution in [0.15, 0.2) is 24.3 Å². The van der Waals surface area contributed by atoms with Crippen molar-refractivity contribution in [2.75, 3.05) is 18.5 Å². The van der Waals surface area contributed by atoms with Gasteiger partial charge in [0.1, 0.15) is 5.75 Å². The number of carbonyl (C=O) groups is 1. The van der Waals surface area contributed by atoms with Crippen LogP contribution in [0.4, 0.5) is 14.5 Å². The van der Waals surface area contributed by atoms with Crippen LogP contribution in [0, 0.1) is 0 Å². The highest BCUT2D eigenvalue weighted by Crippen LogP contribution is 2.26. The Morgan fingerprint density at radius 2 is 2.29 bits per heavy atom. The van der Waals surface area contributed by atoms with Crippen LogP contribution < -0.4 is 15.4 Å². The van der Waals surface area contributed by atoms with Crippen molar-refractivity contribution in [2.45, 2.75) is 31.7 Å². The maximum atomic E-state index is 13.0. The Morgan fingerprint density at radius 3 is 2.90 bits per heavy atom. The normalized spacial score (nSPS) is 19.7. The molecule has 1 heterocycles. The number of nitrogens with one attached hydrogen (secondary N) is 2. The summed E-state index contributed by atoms with van der Waals surface area (Å²) in [6.07, 6.45) is 0.419. The van der Waals surface area contributed by atoms with Crippen molar-refractivity contribution >= 4 is 24.0 Å². The predicted octanol–water partition coefficient (Wildman–Crippen LogP) is 2.83. The van der Waals surface area contributed by atoms with Gasteiger partial charge in [-0.1, -0.05) is 13.0 Å². The molecule has 7 heteroatoms. The number of ether oxygens (including phenoxy) is 1. The number of hydrogen-bond acceptors (Lipinski definition) is 3. The number of benzene rings is 1. The first kappa shape index (κ1) is 17.7. The minimum absolute atomic E-state index is 0. The summed E-state index contributed by atoms with van der Waals surface area (Å²) in [6.45, 7) is 2.14. The van der Waals surface area contributed by atoms with E-state index in [0.29, 0.717) is 18.0 Å². The number of anilines is 1. The molecule has 0 bridgehead atoms. The molecule has 1 aromatic rings. The molecule has 1 saturated heterocycles. The number of rotatable bonds is 5. The fraction of sp³-hybridized carbons (Fsp3) is 0.500. The van der Waals surface area contributed by atoms with Crippen molar-refractivity contribution in [1.82, 2.24) is 5.32 Å². The van der Waals surface area contributed by atoms with Gasteiger partial charge >= 0.3 is 0 Å². The van der Waals surface area contributed by atoms with Crippen molar-refractivity contribution in [3.05, 3.63) is 24.3 Å². The largest absolute Gasteiger partial charge is 0.494 e. The predicted molar refractivity (Wildman–Crippen MR) is 79.5 cm³/mol. The number of alkyl halides is 2. The van der Waals surface area contributed by atoms with Crippen LogP contribution in [-0.4, -0.2) is 31.0 Å². The van der Waals surface area contributed by atoms with Gasteiger partial charge in [-0.15, -0.1) is 12.4 Å². The fourth-order valence-electron chi connectivity index (χ4n) is 2.01. The third-order valence-electron chi connectivity index (χ3n) is 3.00. The van der Waals surface area contributed by atoms with Crippen LogP contribution in [0.5, 0.6) is 5.75 Å². The average Bonchev–Trinajstić information content (AvgIpc) is 2.77. The first-order valence-corrected chi connectivity index (χ1v) is 6.65. The van der Waals surface area contributed by atoms with Gasteiger partial charge in [0.15, 0.2) is 0 Å². The van der Waals surface area contributed by atoms with E-state index in [9.17, 15) is 13.6 Å². The SMILES string of the molecule is CCCOc1cccc(NC(=O)C2CC(F)(F)CN2)c1.Cl. The van der Waals surface area contributed by atoms with Gasteiger partial charge in [-0.25, -0.2) is 8.78 Å².